The minimum Gasteiger partial charge on any atom is -0.324 e. The second kappa shape index (κ2) is 5.54. The van der Waals surface area contributed by atoms with Crippen molar-refractivity contribution in [2.75, 3.05) is 5.32 Å². The summed E-state index contributed by atoms with van der Waals surface area (Å²) in [4.78, 5) is 11.8. The molecule has 4 nitrogen and oxygen atoms in total. The fraction of sp³-hybridized carbons (Fsp3) is 0.167. The topological polar surface area (TPSA) is 46.9 Å². The summed E-state index contributed by atoms with van der Waals surface area (Å²) in [5, 5.41) is 7.46. The number of benzene rings is 1. The third-order valence-corrected chi connectivity index (χ3v) is 3.27. The Bertz CT molecular complexity index is 582. The Morgan fingerprint density at radius 2 is 2.33 bits per heavy atom. The average Bonchev–Trinajstić information content (AvgIpc) is 2.70. The van der Waals surface area contributed by atoms with Crippen molar-refractivity contribution in [3.8, 4) is 0 Å². The van der Waals surface area contributed by atoms with Gasteiger partial charge in [0, 0.05) is 16.9 Å². The number of amides is 1. The summed E-state index contributed by atoms with van der Waals surface area (Å²) in [6.45, 7) is 2.03. The quantitative estimate of drug-likeness (QED) is 0.940. The van der Waals surface area contributed by atoms with E-state index in [1.807, 2.05) is 13.0 Å². The molecule has 2 rings (SSSR count). The van der Waals surface area contributed by atoms with E-state index in [-0.39, 0.29) is 12.5 Å². The van der Waals surface area contributed by atoms with Crippen LogP contribution in [0.3, 0.4) is 0 Å². The third-order valence-electron chi connectivity index (χ3n) is 2.45. The van der Waals surface area contributed by atoms with Gasteiger partial charge in [-0.1, -0.05) is 17.7 Å². The molecule has 0 aliphatic carbocycles. The molecule has 0 atom stereocenters. The highest BCUT2D eigenvalue weighted by Gasteiger charge is 2.07. The Kier molecular flexibility index (Phi) is 4.04. The molecule has 94 valence electrons. The van der Waals surface area contributed by atoms with Gasteiger partial charge in [0.25, 0.3) is 0 Å². The third kappa shape index (κ3) is 3.11. The number of nitrogens with one attached hydrogen (secondary N) is 1. The van der Waals surface area contributed by atoms with E-state index < -0.39 is 0 Å². The number of carbonyl (C=O) groups is 1. The first-order chi connectivity index (χ1) is 8.56. The van der Waals surface area contributed by atoms with E-state index in [9.17, 15) is 4.79 Å². The van der Waals surface area contributed by atoms with E-state index in [0.717, 1.165) is 15.7 Å². The molecule has 1 N–H and O–H groups in total. The van der Waals surface area contributed by atoms with Crippen molar-refractivity contribution < 1.29 is 4.79 Å². The van der Waals surface area contributed by atoms with Crippen LogP contribution in [-0.4, -0.2) is 15.7 Å². The summed E-state index contributed by atoms with van der Waals surface area (Å²) in [6, 6.07) is 5.41. The minimum atomic E-state index is -0.143. The van der Waals surface area contributed by atoms with Gasteiger partial charge in [0.15, 0.2) is 0 Å². The Balaban J connectivity index is 2.05. The highest BCUT2D eigenvalue weighted by molar-refractivity contribution is 9.10. The molecule has 1 aromatic carbocycles. The zero-order chi connectivity index (χ0) is 13.1. The number of anilines is 1. The van der Waals surface area contributed by atoms with Gasteiger partial charge in [0.2, 0.25) is 5.91 Å². The van der Waals surface area contributed by atoms with Crippen LogP contribution in [0.4, 0.5) is 5.69 Å². The maximum absolute atomic E-state index is 11.8. The van der Waals surface area contributed by atoms with Crippen molar-refractivity contribution in [2.45, 2.75) is 13.5 Å². The molecule has 0 aliphatic rings. The predicted molar refractivity (Wildman–Crippen MR) is 74.7 cm³/mol. The van der Waals surface area contributed by atoms with Gasteiger partial charge in [0.05, 0.1) is 10.7 Å². The van der Waals surface area contributed by atoms with E-state index in [2.05, 4.69) is 26.3 Å². The molecule has 0 spiro atoms. The number of halogens is 2. The van der Waals surface area contributed by atoms with Crippen molar-refractivity contribution in [3.05, 3.63) is 45.7 Å². The smallest absolute Gasteiger partial charge is 0.246 e. The molecule has 18 heavy (non-hydrogen) atoms. The van der Waals surface area contributed by atoms with E-state index in [1.165, 1.54) is 0 Å². The molecule has 0 bridgehead atoms. The van der Waals surface area contributed by atoms with Gasteiger partial charge in [-0.15, -0.1) is 0 Å². The largest absolute Gasteiger partial charge is 0.324 e. The predicted octanol–water partition coefficient (Wildman–Crippen LogP) is 3.25. The normalized spacial score (nSPS) is 10.4. The molecule has 1 amide bonds. The molecule has 0 radical (unpaired) electrons. The van der Waals surface area contributed by atoms with Gasteiger partial charge >= 0.3 is 0 Å². The number of nitrogens with zero attached hydrogens (tertiary/aromatic N) is 2. The highest BCUT2D eigenvalue weighted by Crippen LogP contribution is 2.22. The molecule has 0 unspecified atom stereocenters. The second-order valence-corrected chi connectivity index (χ2v) is 5.14. The monoisotopic (exact) mass is 327 g/mol. The van der Waals surface area contributed by atoms with Crippen molar-refractivity contribution >= 4 is 39.1 Å². The SMILES string of the molecule is Cc1c(Cl)cccc1NC(=O)Cn1cc(Br)cn1. The number of hydrogen-bond donors (Lipinski definition) is 1. The van der Waals surface area contributed by atoms with Crippen LogP contribution in [0, 0.1) is 6.92 Å². The van der Waals surface area contributed by atoms with Crippen LogP contribution in [0.2, 0.25) is 5.02 Å². The molecular weight excluding hydrogens is 318 g/mol. The Hall–Kier alpha value is -1.33. The van der Waals surface area contributed by atoms with Crippen LogP contribution in [-0.2, 0) is 11.3 Å². The summed E-state index contributed by atoms with van der Waals surface area (Å²) >= 11 is 9.26. The number of hydrogen-bond acceptors (Lipinski definition) is 2. The molecule has 0 saturated carbocycles. The van der Waals surface area contributed by atoms with E-state index in [4.69, 9.17) is 11.6 Å². The summed E-state index contributed by atoms with van der Waals surface area (Å²) < 4.78 is 2.40. The molecule has 2 aromatic rings. The lowest BCUT2D eigenvalue weighted by Crippen LogP contribution is -2.19. The Morgan fingerprint density at radius 3 is 3.00 bits per heavy atom. The first kappa shape index (κ1) is 13.1. The van der Waals surface area contributed by atoms with E-state index in [1.54, 1.807) is 29.2 Å². The van der Waals surface area contributed by atoms with Gasteiger partial charge < -0.3 is 5.32 Å². The zero-order valence-corrected chi connectivity index (χ0v) is 12.0. The molecule has 0 saturated heterocycles. The number of aromatic nitrogens is 2. The lowest BCUT2D eigenvalue weighted by Gasteiger charge is -2.09. The van der Waals surface area contributed by atoms with Crippen LogP contribution in [0.1, 0.15) is 5.56 Å². The summed E-state index contributed by atoms with van der Waals surface area (Å²) in [7, 11) is 0. The maximum atomic E-state index is 11.8. The molecule has 1 aromatic heterocycles. The van der Waals surface area contributed by atoms with Crippen LogP contribution >= 0.6 is 27.5 Å². The van der Waals surface area contributed by atoms with E-state index in [0.29, 0.717) is 5.02 Å². The second-order valence-electron chi connectivity index (χ2n) is 3.82. The summed E-state index contributed by atoms with van der Waals surface area (Å²) in [6.07, 6.45) is 3.38. The number of carbonyl (C=O) groups excluding carboxylic acids is 1. The average molecular weight is 329 g/mol. The van der Waals surface area contributed by atoms with Crippen LogP contribution in [0.15, 0.2) is 35.1 Å². The number of rotatable bonds is 3. The van der Waals surface area contributed by atoms with Gasteiger partial charge in [-0.3, -0.25) is 9.48 Å². The molecule has 0 aliphatic heterocycles. The molecule has 6 heteroatoms. The fourth-order valence-corrected chi connectivity index (χ4v) is 2.01. The fourth-order valence-electron chi connectivity index (χ4n) is 1.50. The lowest BCUT2D eigenvalue weighted by atomic mass is 10.2. The van der Waals surface area contributed by atoms with Crippen LogP contribution in [0.25, 0.3) is 0 Å². The van der Waals surface area contributed by atoms with Gasteiger partial charge in [0.1, 0.15) is 6.54 Å². The van der Waals surface area contributed by atoms with Crippen molar-refractivity contribution in [1.29, 1.82) is 0 Å². The van der Waals surface area contributed by atoms with Crippen LogP contribution in [0.5, 0.6) is 0 Å². The summed E-state index contributed by atoms with van der Waals surface area (Å²) in [5.74, 6) is -0.143. The van der Waals surface area contributed by atoms with Crippen LogP contribution < -0.4 is 5.32 Å². The van der Waals surface area contributed by atoms with Gasteiger partial charge in [-0.25, -0.2) is 0 Å². The van der Waals surface area contributed by atoms with Crippen molar-refractivity contribution in [1.82, 2.24) is 9.78 Å². The van der Waals surface area contributed by atoms with Gasteiger partial charge in [-0.2, -0.15) is 5.10 Å². The standard InChI is InChI=1S/C12H11BrClN3O/c1-8-10(14)3-2-4-11(8)16-12(18)7-17-6-9(13)5-15-17/h2-6H,7H2,1H3,(H,16,18). The highest BCUT2D eigenvalue weighted by atomic mass is 79.9. The van der Waals surface area contributed by atoms with Crippen molar-refractivity contribution in [3.63, 3.8) is 0 Å². The minimum absolute atomic E-state index is 0.143. The lowest BCUT2D eigenvalue weighted by molar-refractivity contribution is -0.116. The van der Waals surface area contributed by atoms with E-state index >= 15 is 0 Å². The van der Waals surface area contributed by atoms with Gasteiger partial charge in [-0.05, 0) is 40.5 Å². The first-order valence-corrected chi connectivity index (χ1v) is 6.46. The summed E-state index contributed by atoms with van der Waals surface area (Å²) in [5.41, 5.74) is 1.58. The maximum Gasteiger partial charge on any atom is 0.246 e. The molecule has 1 heterocycles. The van der Waals surface area contributed by atoms with Crippen molar-refractivity contribution in [2.24, 2.45) is 0 Å². The molecular formula is C12H11BrClN3O. The molecule has 0 fully saturated rings. The Morgan fingerprint density at radius 1 is 1.56 bits per heavy atom. The Labute approximate surface area is 118 Å². The zero-order valence-electron chi connectivity index (χ0n) is 9.65. The first-order valence-electron chi connectivity index (χ1n) is 5.29.